The van der Waals surface area contributed by atoms with Crippen LogP contribution in [0.1, 0.15) is 11.1 Å². The highest BCUT2D eigenvalue weighted by molar-refractivity contribution is 6.09. The van der Waals surface area contributed by atoms with Gasteiger partial charge in [-0.25, -0.2) is 0 Å². The zero-order chi connectivity index (χ0) is 16.8. The lowest BCUT2D eigenvalue weighted by Crippen LogP contribution is -2.01. The Hall–Kier alpha value is -3.06. The summed E-state index contributed by atoms with van der Waals surface area (Å²) in [5.41, 5.74) is 5.34. The highest BCUT2D eigenvalue weighted by atomic mass is 15.0. The van der Waals surface area contributed by atoms with E-state index in [0.29, 0.717) is 0 Å². The first-order valence-corrected chi connectivity index (χ1v) is 8.76. The second-order valence-electron chi connectivity index (χ2n) is 6.71. The van der Waals surface area contributed by atoms with E-state index < -0.39 is 0 Å². The van der Waals surface area contributed by atoms with Crippen molar-refractivity contribution in [1.82, 2.24) is 4.57 Å². The van der Waals surface area contributed by atoms with Gasteiger partial charge in [-0.3, -0.25) is 0 Å². The van der Waals surface area contributed by atoms with E-state index in [2.05, 4.69) is 96.4 Å². The molecule has 0 saturated heterocycles. The summed E-state index contributed by atoms with van der Waals surface area (Å²) in [6.07, 6.45) is 0. The minimum atomic E-state index is 0.885. The summed E-state index contributed by atoms with van der Waals surface area (Å²) in [7, 11) is 0. The molecule has 1 heteroatoms. The monoisotopic (exact) mass is 321 g/mol. The topological polar surface area (TPSA) is 4.93 Å². The van der Waals surface area contributed by atoms with E-state index in [9.17, 15) is 0 Å². The van der Waals surface area contributed by atoms with E-state index >= 15 is 0 Å². The van der Waals surface area contributed by atoms with Gasteiger partial charge in [0.25, 0.3) is 0 Å². The molecular weight excluding hydrogens is 302 g/mol. The fraction of sp³-hybridized carbons (Fsp3) is 0.0833. The van der Waals surface area contributed by atoms with E-state index in [4.69, 9.17) is 0 Å². The number of benzene rings is 4. The smallest absolute Gasteiger partial charge is 0.0524 e. The zero-order valence-electron chi connectivity index (χ0n) is 14.2. The first-order valence-electron chi connectivity index (χ1n) is 8.76. The van der Waals surface area contributed by atoms with Gasteiger partial charge in [0, 0.05) is 22.8 Å². The van der Waals surface area contributed by atoms with Crippen LogP contribution in [-0.4, -0.2) is 4.57 Å². The number of aryl methyl sites for hydroxylation is 1. The maximum Gasteiger partial charge on any atom is 0.0524 e. The lowest BCUT2D eigenvalue weighted by molar-refractivity contribution is 0.873. The standard InChI is InChI=1S/C24H19N/c1-17-8-6-14-22-21-13-4-5-15-23(21)25(24(17)22)16-19-11-7-10-18-9-2-3-12-20(18)19/h2-15H,16H2,1H3. The fourth-order valence-electron chi connectivity index (χ4n) is 4.06. The molecular formula is C24H19N. The Morgan fingerprint density at radius 1 is 0.640 bits per heavy atom. The normalized spacial score (nSPS) is 11.6. The summed E-state index contributed by atoms with van der Waals surface area (Å²) in [4.78, 5) is 0. The third-order valence-corrected chi connectivity index (χ3v) is 5.20. The van der Waals surface area contributed by atoms with Gasteiger partial charge in [-0.05, 0) is 34.9 Å². The second-order valence-corrected chi connectivity index (χ2v) is 6.71. The van der Waals surface area contributed by atoms with Crippen LogP contribution >= 0.6 is 0 Å². The molecule has 25 heavy (non-hydrogen) atoms. The summed E-state index contributed by atoms with van der Waals surface area (Å²) >= 11 is 0. The van der Waals surface area contributed by atoms with E-state index in [1.54, 1.807) is 0 Å². The predicted octanol–water partition coefficient (Wildman–Crippen LogP) is 6.30. The zero-order valence-corrected chi connectivity index (χ0v) is 14.2. The second kappa shape index (κ2) is 5.49. The lowest BCUT2D eigenvalue weighted by atomic mass is 10.0. The first kappa shape index (κ1) is 14.3. The molecule has 0 bridgehead atoms. The molecule has 0 aliphatic rings. The van der Waals surface area contributed by atoms with Crippen molar-refractivity contribution in [1.29, 1.82) is 0 Å². The molecule has 0 fully saturated rings. The molecule has 4 aromatic carbocycles. The third-order valence-electron chi connectivity index (χ3n) is 5.20. The van der Waals surface area contributed by atoms with Gasteiger partial charge in [0.1, 0.15) is 0 Å². The van der Waals surface area contributed by atoms with E-state index in [1.807, 2.05) is 0 Å². The van der Waals surface area contributed by atoms with Crippen molar-refractivity contribution in [3.63, 3.8) is 0 Å². The molecule has 0 atom stereocenters. The van der Waals surface area contributed by atoms with Gasteiger partial charge in [-0.1, -0.05) is 78.9 Å². The highest BCUT2D eigenvalue weighted by Gasteiger charge is 2.13. The fourth-order valence-corrected chi connectivity index (χ4v) is 4.06. The number of para-hydroxylation sites is 2. The van der Waals surface area contributed by atoms with Crippen LogP contribution in [0.25, 0.3) is 32.6 Å². The van der Waals surface area contributed by atoms with Gasteiger partial charge < -0.3 is 4.57 Å². The minimum absolute atomic E-state index is 0.885. The molecule has 5 aromatic rings. The maximum absolute atomic E-state index is 2.47. The van der Waals surface area contributed by atoms with Crippen molar-refractivity contribution in [2.75, 3.05) is 0 Å². The Labute approximate surface area is 147 Å². The molecule has 0 N–H and O–H groups in total. The van der Waals surface area contributed by atoms with Crippen molar-refractivity contribution < 1.29 is 0 Å². The van der Waals surface area contributed by atoms with Crippen LogP contribution in [0.2, 0.25) is 0 Å². The van der Waals surface area contributed by atoms with Crippen molar-refractivity contribution in [2.24, 2.45) is 0 Å². The van der Waals surface area contributed by atoms with Crippen LogP contribution in [0.15, 0.2) is 84.9 Å². The largest absolute Gasteiger partial charge is 0.336 e. The maximum atomic E-state index is 2.47. The van der Waals surface area contributed by atoms with Crippen LogP contribution in [0, 0.1) is 6.92 Å². The lowest BCUT2D eigenvalue weighted by Gasteiger charge is -2.12. The Morgan fingerprint density at radius 2 is 1.32 bits per heavy atom. The molecule has 0 unspecified atom stereocenters. The molecule has 120 valence electrons. The van der Waals surface area contributed by atoms with Crippen LogP contribution in [-0.2, 0) is 6.54 Å². The summed E-state index contributed by atoms with van der Waals surface area (Å²) in [5, 5.41) is 5.32. The average Bonchev–Trinajstić information content (AvgIpc) is 2.98. The van der Waals surface area contributed by atoms with Gasteiger partial charge in [0.2, 0.25) is 0 Å². The number of hydrogen-bond acceptors (Lipinski definition) is 0. The first-order chi connectivity index (χ1) is 12.3. The van der Waals surface area contributed by atoms with Crippen molar-refractivity contribution >= 4 is 32.6 Å². The average molecular weight is 321 g/mol. The highest BCUT2D eigenvalue weighted by Crippen LogP contribution is 2.32. The van der Waals surface area contributed by atoms with Gasteiger partial charge in [0.15, 0.2) is 0 Å². The van der Waals surface area contributed by atoms with Gasteiger partial charge >= 0.3 is 0 Å². The summed E-state index contributed by atoms with van der Waals surface area (Å²) in [5.74, 6) is 0. The van der Waals surface area contributed by atoms with Crippen molar-refractivity contribution in [2.45, 2.75) is 13.5 Å². The predicted molar refractivity (Wildman–Crippen MR) is 107 cm³/mol. The Bertz CT molecular complexity index is 1220. The minimum Gasteiger partial charge on any atom is -0.336 e. The molecule has 0 aliphatic heterocycles. The number of fused-ring (bicyclic) bond motifs is 4. The van der Waals surface area contributed by atoms with E-state index in [0.717, 1.165) is 6.54 Å². The van der Waals surface area contributed by atoms with Gasteiger partial charge in [0.05, 0.1) is 5.52 Å². The molecule has 0 spiro atoms. The summed E-state index contributed by atoms with van der Waals surface area (Å²) in [6, 6.07) is 30.6. The SMILES string of the molecule is Cc1cccc2c3ccccc3n(Cc3cccc4ccccc34)c12. The number of rotatable bonds is 2. The van der Waals surface area contributed by atoms with Crippen LogP contribution in [0.3, 0.4) is 0 Å². The molecule has 1 aromatic heterocycles. The van der Waals surface area contributed by atoms with Crippen molar-refractivity contribution in [3.05, 3.63) is 96.1 Å². The molecule has 0 radical (unpaired) electrons. The number of nitrogens with zero attached hydrogens (tertiary/aromatic N) is 1. The van der Waals surface area contributed by atoms with Crippen LogP contribution in [0.4, 0.5) is 0 Å². The summed E-state index contributed by atoms with van der Waals surface area (Å²) in [6.45, 7) is 3.09. The molecule has 0 amide bonds. The molecule has 1 heterocycles. The van der Waals surface area contributed by atoms with Gasteiger partial charge in [-0.15, -0.1) is 0 Å². The van der Waals surface area contributed by atoms with Crippen molar-refractivity contribution in [3.8, 4) is 0 Å². The van der Waals surface area contributed by atoms with Gasteiger partial charge in [-0.2, -0.15) is 0 Å². The quantitative estimate of drug-likeness (QED) is 0.359. The Morgan fingerprint density at radius 3 is 2.24 bits per heavy atom. The number of aromatic nitrogens is 1. The van der Waals surface area contributed by atoms with E-state index in [-0.39, 0.29) is 0 Å². The van der Waals surface area contributed by atoms with E-state index in [1.165, 1.54) is 43.7 Å². The molecule has 1 nitrogen and oxygen atoms in total. The van der Waals surface area contributed by atoms with Crippen LogP contribution < -0.4 is 0 Å². The Kier molecular flexibility index (Phi) is 3.14. The molecule has 5 rings (SSSR count). The summed E-state index contributed by atoms with van der Waals surface area (Å²) < 4.78 is 2.47. The molecule has 0 aliphatic carbocycles. The third kappa shape index (κ3) is 2.16. The Balaban J connectivity index is 1.82. The van der Waals surface area contributed by atoms with Crippen LogP contribution in [0.5, 0.6) is 0 Å². The molecule has 0 saturated carbocycles. The number of hydrogen-bond donors (Lipinski definition) is 0.